The van der Waals surface area contributed by atoms with Gasteiger partial charge in [-0.05, 0) is 25.7 Å². The fourth-order valence-corrected chi connectivity index (χ4v) is 4.09. The molecule has 2 fully saturated rings. The van der Waals surface area contributed by atoms with Crippen LogP contribution >= 0.6 is 11.9 Å². The Hall–Kier alpha value is 0.230. The van der Waals surface area contributed by atoms with Crippen molar-refractivity contribution in [2.75, 3.05) is 45.9 Å². The van der Waals surface area contributed by atoms with Gasteiger partial charge in [-0.1, -0.05) is 39.6 Å². The molecule has 0 bridgehead atoms. The third-order valence-electron chi connectivity index (χ3n) is 4.04. The molecule has 0 amide bonds. The molecule has 0 aromatic carbocycles. The molecular formula is C17H36N2OS. The van der Waals surface area contributed by atoms with E-state index in [0.29, 0.717) is 0 Å². The van der Waals surface area contributed by atoms with Crippen LogP contribution in [-0.2, 0) is 4.74 Å². The van der Waals surface area contributed by atoms with E-state index >= 15 is 0 Å². The second-order valence-electron chi connectivity index (χ2n) is 6.27. The molecular weight excluding hydrogens is 280 g/mol. The topological polar surface area (TPSA) is 15.7 Å². The van der Waals surface area contributed by atoms with Crippen LogP contribution in [0.3, 0.4) is 0 Å². The lowest BCUT2D eigenvalue weighted by molar-refractivity contribution is 0.00743. The summed E-state index contributed by atoms with van der Waals surface area (Å²) in [6.07, 6.45) is 2.76. The Bertz CT molecular complexity index is 249. The van der Waals surface area contributed by atoms with E-state index in [1.54, 1.807) is 0 Å². The molecule has 3 nitrogen and oxygen atoms in total. The zero-order chi connectivity index (χ0) is 15.7. The molecule has 126 valence electrons. The van der Waals surface area contributed by atoms with Crippen LogP contribution in [0.4, 0.5) is 0 Å². The van der Waals surface area contributed by atoms with Gasteiger partial charge in [0.15, 0.2) is 0 Å². The second-order valence-corrected chi connectivity index (χ2v) is 7.94. The molecule has 0 N–H and O–H groups in total. The van der Waals surface area contributed by atoms with E-state index in [-0.39, 0.29) is 0 Å². The van der Waals surface area contributed by atoms with Crippen molar-refractivity contribution < 1.29 is 4.74 Å². The molecule has 0 radical (unpaired) electrons. The highest BCUT2D eigenvalue weighted by Gasteiger charge is 2.30. The molecule has 2 aliphatic heterocycles. The Morgan fingerprint density at radius 3 is 2.24 bits per heavy atom. The quantitative estimate of drug-likeness (QED) is 0.664. The van der Waals surface area contributed by atoms with E-state index in [1.807, 2.05) is 25.8 Å². The maximum atomic E-state index is 5.49. The molecule has 0 atom stereocenters. The second kappa shape index (κ2) is 10.9. The molecule has 0 aliphatic carbocycles. The molecule has 2 rings (SSSR count). The summed E-state index contributed by atoms with van der Waals surface area (Å²) >= 11 is 2.03. The van der Waals surface area contributed by atoms with Crippen LogP contribution in [0.5, 0.6) is 0 Å². The Kier molecular flexibility index (Phi) is 9.98. The van der Waals surface area contributed by atoms with Gasteiger partial charge in [0.05, 0.1) is 6.61 Å². The van der Waals surface area contributed by atoms with Crippen LogP contribution < -0.4 is 0 Å². The average molecular weight is 317 g/mol. The average Bonchev–Trinajstić information content (AvgIpc) is 2.44. The fraction of sp³-hybridized carbons (Fsp3) is 1.00. The SMILES string of the molecule is CC.CCOCC1CN(CC2CCN(SC(C)C)CC2)C1. The van der Waals surface area contributed by atoms with Gasteiger partial charge >= 0.3 is 0 Å². The number of likely N-dealkylation sites (tertiary alicyclic amines) is 1. The minimum absolute atomic E-state index is 0.728. The van der Waals surface area contributed by atoms with Crippen molar-refractivity contribution in [3.63, 3.8) is 0 Å². The summed E-state index contributed by atoms with van der Waals surface area (Å²) in [5.74, 6) is 1.73. The summed E-state index contributed by atoms with van der Waals surface area (Å²) < 4.78 is 8.06. The molecule has 0 unspecified atom stereocenters. The minimum Gasteiger partial charge on any atom is -0.381 e. The summed E-state index contributed by atoms with van der Waals surface area (Å²) in [7, 11) is 0. The normalized spacial score (nSPS) is 22.0. The molecule has 0 aromatic heterocycles. The molecule has 4 heteroatoms. The standard InChI is InChI=1S/C15H30N2OS.C2H6/c1-4-18-12-15-10-16(11-15)9-14-5-7-17(8-6-14)19-13(2)3;1-2/h13-15H,4-12H2,1-3H3;1-2H3. The molecule has 21 heavy (non-hydrogen) atoms. The lowest BCUT2D eigenvalue weighted by atomic mass is 9.93. The summed E-state index contributed by atoms with van der Waals surface area (Å²) in [6, 6.07) is 0. The molecule has 2 aliphatic rings. The number of nitrogens with zero attached hydrogens (tertiary/aromatic N) is 2. The summed E-state index contributed by atoms with van der Waals surface area (Å²) in [5.41, 5.74) is 0. The van der Waals surface area contributed by atoms with Gasteiger partial charge in [-0.25, -0.2) is 0 Å². The third kappa shape index (κ3) is 7.36. The van der Waals surface area contributed by atoms with E-state index in [1.165, 1.54) is 45.6 Å². The van der Waals surface area contributed by atoms with Gasteiger partial charge < -0.3 is 9.64 Å². The monoisotopic (exact) mass is 316 g/mol. The summed E-state index contributed by atoms with van der Waals surface area (Å²) in [5, 5.41) is 0.728. The van der Waals surface area contributed by atoms with Crippen molar-refractivity contribution in [1.82, 2.24) is 9.21 Å². The van der Waals surface area contributed by atoms with E-state index in [9.17, 15) is 0 Å². The highest BCUT2D eigenvalue weighted by Crippen LogP contribution is 2.27. The van der Waals surface area contributed by atoms with Gasteiger partial charge in [-0.15, -0.1) is 0 Å². The van der Waals surface area contributed by atoms with Crippen LogP contribution in [0.15, 0.2) is 0 Å². The van der Waals surface area contributed by atoms with Crippen LogP contribution in [0.25, 0.3) is 0 Å². The van der Waals surface area contributed by atoms with Crippen molar-refractivity contribution in [3.8, 4) is 0 Å². The minimum atomic E-state index is 0.728. The van der Waals surface area contributed by atoms with Crippen molar-refractivity contribution in [2.45, 2.75) is 52.7 Å². The number of rotatable bonds is 7. The van der Waals surface area contributed by atoms with Crippen LogP contribution in [0, 0.1) is 11.8 Å². The maximum absolute atomic E-state index is 5.49. The molecule has 0 spiro atoms. The predicted octanol–water partition coefficient (Wildman–Crippen LogP) is 3.75. The largest absolute Gasteiger partial charge is 0.381 e. The zero-order valence-electron chi connectivity index (χ0n) is 14.8. The lowest BCUT2D eigenvalue weighted by Gasteiger charge is -2.42. The van der Waals surface area contributed by atoms with Crippen molar-refractivity contribution >= 4 is 11.9 Å². The first-order valence-electron chi connectivity index (χ1n) is 8.89. The zero-order valence-corrected chi connectivity index (χ0v) is 15.6. The maximum Gasteiger partial charge on any atom is 0.0518 e. The lowest BCUT2D eigenvalue weighted by Crippen LogP contribution is -2.51. The highest BCUT2D eigenvalue weighted by molar-refractivity contribution is 7.97. The van der Waals surface area contributed by atoms with Gasteiger partial charge in [0.25, 0.3) is 0 Å². The number of hydrogen-bond acceptors (Lipinski definition) is 4. The summed E-state index contributed by atoms with van der Waals surface area (Å²) in [4.78, 5) is 2.62. The highest BCUT2D eigenvalue weighted by atomic mass is 32.2. The van der Waals surface area contributed by atoms with Crippen LogP contribution in [0.1, 0.15) is 47.5 Å². The third-order valence-corrected chi connectivity index (χ3v) is 5.13. The Labute approximate surface area is 136 Å². The molecule has 2 saturated heterocycles. The van der Waals surface area contributed by atoms with E-state index in [0.717, 1.165) is 30.3 Å². The van der Waals surface area contributed by atoms with Crippen LogP contribution in [0.2, 0.25) is 0 Å². The number of hydrogen-bond donors (Lipinski definition) is 0. The molecule has 0 aromatic rings. The molecule has 2 heterocycles. The van der Waals surface area contributed by atoms with Gasteiger partial charge in [0.1, 0.15) is 0 Å². The van der Waals surface area contributed by atoms with Gasteiger partial charge in [-0.3, -0.25) is 4.31 Å². The first-order chi connectivity index (χ1) is 10.2. The van der Waals surface area contributed by atoms with Crippen LogP contribution in [-0.4, -0.2) is 60.4 Å². The van der Waals surface area contributed by atoms with Crippen molar-refractivity contribution in [2.24, 2.45) is 11.8 Å². The predicted molar refractivity (Wildman–Crippen MR) is 94.8 cm³/mol. The smallest absolute Gasteiger partial charge is 0.0518 e. The Morgan fingerprint density at radius 2 is 1.71 bits per heavy atom. The van der Waals surface area contributed by atoms with Gasteiger partial charge in [0, 0.05) is 50.5 Å². The van der Waals surface area contributed by atoms with E-state index in [4.69, 9.17) is 4.74 Å². The van der Waals surface area contributed by atoms with Gasteiger partial charge in [0.2, 0.25) is 0 Å². The first kappa shape index (κ1) is 19.3. The molecule has 0 saturated carbocycles. The van der Waals surface area contributed by atoms with Crippen molar-refractivity contribution in [3.05, 3.63) is 0 Å². The summed E-state index contributed by atoms with van der Waals surface area (Å²) in [6.45, 7) is 18.9. The fourth-order valence-electron chi connectivity index (χ4n) is 3.08. The Morgan fingerprint density at radius 1 is 1.10 bits per heavy atom. The van der Waals surface area contributed by atoms with Gasteiger partial charge in [-0.2, -0.15) is 0 Å². The van der Waals surface area contributed by atoms with Crippen molar-refractivity contribution in [1.29, 1.82) is 0 Å². The first-order valence-corrected chi connectivity index (χ1v) is 9.72. The number of piperidine rings is 1. The number of ether oxygens (including phenoxy) is 1. The Balaban J connectivity index is 0.00000106. The van der Waals surface area contributed by atoms with E-state index < -0.39 is 0 Å². The van der Waals surface area contributed by atoms with E-state index in [2.05, 4.69) is 30.0 Å².